The van der Waals surface area contributed by atoms with Crippen LogP contribution in [0.3, 0.4) is 0 Å². The van der Waals surface area contributed by atoms with E-state index >= 15 is 0 Å². The first-order valence-electron chi connectivity index (χ1n) is 3.90. The highest BCUT2D eigenvalue weighted by molar-refractivity contribution is 7.97. The normalized spacial score (nSPS) is 11.1. The van der Waals surface area contributed by atoms with E-state index in [1.54, 1.807) is 17.8 Å². The number of pyridine rings is 1. The van der Waals surface area contributed by atoms with E-state index < -0.39 is 0 Å². The van der Waals surface area contributed by atoms with Crippen molar-refractivity contribution < 1.29 is 0 Å². The summed E-state index contributed by atoms with van der Waals surface area (Å²) in [6.45, 7) is 0. The molecular weight excluding hydrogens is 241 g/mol. The summed E-state index contributed by atoms with van der Waals surface area (Å²) in [4.78, 5) is 11.5. The number of fused-ring (bicyclic) bond motifs is 1. The summed E-state index contributed by atoms with van der Waals surface area (Å²) in [6, 6.07) is 1.74. The van der Waals surface area contributed by atoms with E-state index in [2.05, 4.69) is 15.0 Å². The van der Waals surface area contributed by atoms with Crippen LogP contribution in [0.1, 0.15) is 5.82 Å². The van der Waals surface area contributed by atoms with Gasteiger partial charge in [-0.25, -0.2) is 9.97 Å². The van der Waals surface area contributed by atoms with Crippen molar-refractivity contribution >= 4 is 46.1 Å². The second kappa shape index (κ2) is 3.96. The lowest BCUT2D eigenvalue weighted by Crippen LogP contribution is -1.81. The summed E-state index contributed by atoms with van der Waals surface area (Å²) in [5.41, 5.74) is 1.44. The molecule has 0 saturated carbocycles. The number of imidazole rings is 1. The van der Waals surface area contributed by atoms with E-state index in [4.69, 9.17) is 23.2 Å². The smallest absolute Gasteiger partial charge is 0.179 e. The molecule has 0 spiro atoms. The molecule has 74 valence electrons. The molecule has 0 unspecified atom stereocenters. The molecule has 0 amide bonds. The number of aromatic amines is 1. The lowest BCUT2D eigenvalue weighted by molar-refractivity contribution is 1.13. The summed E-state index contributed by atoms with van der Waals surface area (Å²) in [5, 5.41) is 0.736. The summed E-state index contributed by atoms with van der Waals surface area (Å²) in [7, 11) is 0. The van der Waals surface area contributed by atoms with Gasteiger partial charge in [-0.15, -0.1) is 0 Å². The third kappa shape index (κ3) is 1.82. The summed E-state index contributed by atoms with van der Waals surface area (Å²) >= 11 is 13.3. The fraction of sp³-hybridized carbons (Fsp3) is 0.250. The van der Waals surface area contributed by atoms with Crippen LogP contribution in [0.15, 0.2) is 6.07 Å². The van der Waals surface area contributed by atoms with Crippen molar-refractivity contribution in [1.82, 2.24) is 15.0 Å². The van der Waals surface area contributed by atoms with Crippen LogP contribution in [0.2, 0.25) is 10.2 Å². The zero-order chi connectivity index (χ0) is 10.1. The standard InChI is InChI=1S/C8H7Cl2N3S/c1-14-3-6-11-5-2-4(9)7(10)13-8(5)12-6/h2H,3H2,1H3,(H,11,12,13). The first-order valence-corrected chi connectivity index (χ1v) is 6.05. The van der Waals surface area contributed by atoms with Gasteiger partial charge in [-0.1, -0.05) is 23.2 Å². The third-order valence-corrected chi connectivity index (χ3v) is 2.95. The molecule has 0 aliphatic carbocycles. The molecule has 0 aliphatic heterocycles. The molecule has 0 atom stereocenters. The first-order chi connectivity index (χ1) is 6.70. The number of halogens is 2. The minimum atomic E-state index is 0.293. The van der Waals surface area contributed by atoms with Crippen LogP contribution in [0, 0.1) is 0 Å². The highest BCUT2D eigenvalue weighted by Gasteiger charge is 2.07. The van der Waals surface area contributed by atoms with Crippen molar-refractivity contribution in [1.29, 1.82) is 0 Å². The molecule has 0 aliphatic rings. The fourth-order valence-corrected chi connectivity index (χ4v) is 1.85. The van der Waals surface area contributed by atoms with E-state index in [0.717, 1.165) is 17.1 Å². The second-order valence-corrected chi connectivity index (χ2v) is 4.38. The molecule has 2 heterocycles. The van der Waals surface area contributed by atoms with E-state index in [0.29, 0.717) is 15.8 Å². The number of hydrogen-bond acceptors (Lipinski definition) is 3. The van der Waals surface area contributed by atoms with Crippen molar-refractivity contribution in [2.24, 2.45) is 0 Å². The molecule has 3 nitrogen and oxygen atoms in total. The molecule has 0 saturated heterocycles. The highest BCUT2D eigenvalue weighted by Crippen LogP contribution is 2.23. The van der Waals surface area contributed by atoms with Gasteiger partial charge >= 0.3 is 0 Å². The minimum absolute atomic E-state index is 0.293. The Hall–Kier alpha value is -0.450. The van der Waals surface area contributed by atoms with Gasteiger partial charge in [-0.3, -0.25) is 0 Å². The number of H-pyrrole nitrogens is 1. The Balaban J connectivity index is 2.54. The van der Waals surface area contributed by atoms with Crippen LogP contribution in [0.4, 0.5) is 0 Å². The van der Waals surface area contributed by atoms with Gasteiger partial charge in [0.15, 0.2) is 5.65 Å². The molecule has 2 aromatic heterocycles. The van der Waals surface area contributed by atoms with Gasteiger partial charge in [0.25, 0.3) is 0 Å². The zero-order valence-electron chi connectivity index (χ0n) is 7.34. The van der Waals surface area contributed by atoms with Crippen molar-refractivity contribution in [2.45, 2.75) is 5.75 Å². The minimum Gasteiger partial charge on any atom is -0.340 e. The Kier molecular flexibility index (Phi) is 2.85. The monoisotopic (exact) mass is 247 g/mol. The Morgan fingerprint density at radius 1 is 1.43 bits per heavy atom. The van der Waals surface area contributed by atoms with Gasteiger partial charge in [-0.2, -0.15) is 11.8 Å². The number of aromatic nitrogens is 3. The van der Waals surface area contributed by atoms with Crippen LogP contribution >= 0.6 is 35.0 Å². The van der Waals surface area contributed by atoms with Gasteiger partial charge in [0.2, 0.25) is 0 Å². The van der Waals surface area contributed by atoms with Crippen LogP contribution in [-0.2, 0) is 5.75 Å². The molecule has 0 radical (unpaired) electrons. The van der Waals surface area contributed by atoms with Gasteiger partial charge < -0.3 is 4.98 Å². The van der Waals surface area contributed by atoms with E-state index in [1.807, 2.05) is 6.26 Å². The number of thioether (sulfide) groups is 1. The predicted molar refractivity (Wildman–Crippen MR) is 61.1 cm³/mol. The van der Waals surface area contributed by atoms with Gasteiger partial charge in [0.1, 0.15) is 11.0 Å². The van der Waals surface area contributed by atoms with E-state index in [-0.39, 0.29) is 0 Å². The summed E-state index contributed by atoms with van der Waals surface area (Å²) in [5.74, 6) is 1.71. The molecule has 0 bridgehead atoms. The van der Waals surface area contributed by atoms with Crippen LogP contribution < -0.4 is 0 Å². The van der Waals surface area contributed by atoms with Gasteiger partial charge in [0, 0.05) is 0 Å². The largest absolute Gasteiger partial charge is 0.340 e. The molecule has 2 aromatic rings. The van der Waals surface area contributed by atoms with Crippen molar-refractivity contribution in [3.05, 3.63) is 22.1 Å². The average molecular weight is 248 g/mol. The molecule has 6 heteroatoms. The molecule has 2 rings (SSSR count). The van der Waals surface area contributed by atoms with Crippen LogP contribution in [0.5, 0.6) is 0 Å². The maximum Gasteiger partial charge on any atom is 0.179 e. The third-order valence-electron chi connectivity index (χ3n) is 1.71. The molecule has 0 fully saturated rings. The number of nitrogens with one attached hydrogen (secondary N) is 1. The van der Waals surface area contributed by atoms with Crippen molar-refractivity contribution in [2.75, 3.05) is 6.26 Å². The number of rotatable bonds is 2. The highest BCUT2D eigenvalue weighted by atomic mass is 35.5. The van der Waals surface area contributed by atoms with Crippen LogP contribution in [-0.4, -0.2) is 21.2 Å². The van der Waals surface area contributed by atoms with Crippen LogP contribution in [0.25, 0.3) is 11.2 Å². The van der Waals surface area contributed by atoms with E-state index in [9.17, 15) is 0 Å². The first kappa shape index (κ1) is 10.1. The lowest BCUT2D eigenvalue weighted by Gasteiger charge is -1.92. The lowest BCUT2D eigenvalue weighted by atomic mass is 10.4. The SMILES string of the molecule is CSCc1nc2nc(Cl)c(Cl)cc2[nH]1. The Morgan fingerprint density at radius 3 is 2.93 bits per heavy atom. The molecule has 1 N–H and O–H groups in total. The molecule has 0 aromatic carbocycles. The van der Waals surface area contributed by atoms with E-state index in [1.165, 1.54) is 0 Å². The topological polar surface area (TPSA) is 41.6 Å². The summed E-state index contributed by atoms with van der Waals surface area (Å²) in [6.07, 6.45) is 2.01. The number of nitrogens with zero attached hydrogens (tertiary/aromatic N) is 2. The van der Waals surface area contributed by atoms with Gasteiger partial charge in [0.05, 0.1) is 16.3 Å². The molecular formula is C8H7Cl2N3S. The van der Waals surface area contributed by atoms with Crippen molar-refractivity contribution in [3.63, 3.8) is 0 Å². The zero-order valence-corrected chi connectivity index (χ0v) is 9.67. The van der Waals surface area contributed by atoms with Crippen molar-refractivity contribution in [3.8, 4) is 0 Å². The molecule has 14 heavy (non-hydrogen) atoms. The summed E-state index contributed by atoms with van der Waals surface area (Å²) < 4.78 is 0. The quantitative estimate of drug-likeness (QED) is 0.830. The Morgan fingerprint density at radius 2 is 2.21 bits per heavy atom. The number of hydrogen-bond donors (Lipinski definition) is 1. The predicted octanol–water partition coefficient (Wildman–Crippen LogP) is 3.13. The fourth-order valence-electron chi connectivity index (χ4n) is 1.15. The van der Waals surface area contributed by atoms with Gasteiger partial charge in [-0.05, 0) is 12.3 Å². The average Bonchev–Trinajstić information content (AvgIpc) is 2.48. The maximum atomic E-state index is 5.83. The Bertz CT molecular complexity index is 430. The Labute approximate surface area is 95.2 Å². The maximum absolute atomic E-state index is 5.83. The second-order valence-electron chi connectivity index (χ2n) is 2.75.